The Morgan fingerprint density at radius 3 is 2.33 bits per heavy atom. The highest BCUT2D eigenvalue weighted by molar-refractivity contribution is 5.87. The molecule has 0 spiro atoms. The number of phenolic OH excluding ortho intramolecular Hbond substituents is 1. The summed E-state index contributed by atoms with van der Waals surface area (Å²) in [6.07, 6.45) is 11.0. The van der Waals surface area contributed by atoms with E-state index >= 15 is 0 Å². The molecule has 0 amide bonds. The van der Waals surface area contributed by atoms with Crippen LogP contribution in [0.2, 0.25) is 0 Å². The minimum absolute atomic E-state index is 0.1000. The number of carboxylic acids is 1. The van der Waals surface area contributed by atoms with Crippen molar-refractivity contribution in [2.45, 2.75) is 145 Å². The first kappa shape index (κ1) is 39.0. The van der Waals surface area contributed by atoms with Gasteiger partial charge in [-0.1, -0.05) is 65.0 Å². The topological polar surface area (TPSA) is 114 Å². The molecule has 0 bridgehead atoms. The van der Waals surface area contributed by atoms with Gasteiger partial charge in [-0.2, -0.15) is 0 Å². The lowest BCUT2D eigenvalue weighted by atomic mass is 9.32. The van der Waals surface area contributed by atoms with Crippen molar-refractivity contribution in [3.8, 4) is 5.75 Å². The maximum atomic E-state index is 14.8. The third kappa shape index (κ3) is 5.78. The van der Waals surface area contributed by atoms with E-state index in [9.17, 15) is 24.6 Å². The van der Waals surface area contributed by atoms with Crippen molar-refractivity contribution in [1.82, 2.24) is 4.98 Å². The molecular formula is C47H65NO6. The number of aromatic nitrogens is 1. The van der Waals surface area contributed by atoms with Crippen molar-refractivity contribution in [1.29, 1.82) is 0 Å². The van der Waals surface area contributed by atoms with Crippen LogP contribution in [0, 0.1) is 62.1 Å². The smallest absolute Gasteiger partial charge is 0.309 e. The SMILES string of the molecule is C=C(C)[C@@H]1CC[C@]2(C(=O)CCc3ccc4cccc(O)c4n3)CC[C@]3(C)C(CCC4[C@@]5(C)CCC(OC(=O)CC(C)(C)C(=O)O)C(C)(C)C5CC[C@]43C)C12. The zero-order valence-corrected chi connectivity index (χ0v) is 34.2. The van der Waals surface area contributed by atoms with Crippen molar-refractivity contribution in [3.63, 3.8) is 0 Å². The molecule has 0 saturated heterocycles. The summed E-state index contributed by atoms with van der Waals surface area (Å²) in [5, 5.41) is 21.0. The van der Waals surface area contributed by atoms with Crippen molar-refractivity contribution in [2.75, 3.05) is 0 Å². The van der Waals surface area contributed by atoms with Gasteiger partial charge in [-0.05, 0) is 149 Å². The van der Waals surface area contributed by atoms with Crippen LogP contribution in [0.1, 0.15) is 138 Å². The van der Waals surface area contributed by atoms with E-state index < -0.39 is 17.4 Å². The minimum atomic E-state index is -1.16. The molecule has 0 aliphatic heterocycles. The van der Waals surface area contributed by atoms with Crippen LogP contribution >= 0.6 is 0 Å². The van der Waals surface area contributed by atoms with Gasteiger partial charge in [-0.25, -0.2) is 4.98 Å². The number of hydrogen-bond acceptors (Lipinski definition) is 6. The predicted octanol–water partition coefficient (Wildman–Crippen LogP) is 10.5. The minimum Gasteiger partial charge on any atom is -0.506 e. The van der Waals surface area contributed by atoms with Crippen LogP contribution in [-0.2, 0) is 25.5 Å². The summed E-state index contributed by atoms with van der Waals surface area (Å²) in [5.41, 5.74) is 1.31. The maximum Gasteiger partial charge on any atom is 0.309 e. The molecule has 2 aromatic rings. The van der Waals surface area contributed by atoms with Crippen molar-refractivity contribution in [2.24, 2.45) is 62.1 Å². The second kappa shape index (κ2) is 13.2. The van der Waals surface area contributed by atoms with E-state index in [0.717, 1.165) is 75.3 Å². The second-order valence-corrected chi connectivity index (χ2v) is 20.6. The van der Waals surface area contributed by atoms with Gasteiger partial charge in [-0.15, -0.1) is 0 Å². The van der Waals surface area contributed by atoms with Gasteiger partial charge in [0.2, 0.25) is 0 Å². The van der Waals surface area contributed by atoms with Gasteiger partial charge < -0.3 is 14.9 Å². The molecule has 5 unspecified atom stereocenters. The molecule has 1 heterocycles. The summed E-state index contributed by atoms with van der Waals surface area (Å²) in [7, 11) is 0. The fraction of sp³-hybridized carbons (Fsp3) is 0.702. The monoisotopic (exact) mass is 739 g/mol. The van der Waals surface area contributed by atoms with Crippen molar-refractivity contribution in [3.05, 3.63) is 48.2 Å². The Kier molecular flexibility index (Phi) is 9.53. The average Bonchev–Trinajstić information content (AvgIpc) is 3.50. The number of carbonyl (C=O) groups is 3. The first-order chi connectivity index (χ1) is 25.2. The summed E-state index contributed by atoms with van der Waals surface area (Å²) in [5.74, 6) is 1.24. The van der Waals surface area contributed by atoms with Crippen LogP contribution < -0.4 is 0 Å². The van der Waals surface area contributed by atoms with Crippen molar-refractivity contribution >= 4 is 28.6 Å². The lowest BCUT2D eigenvalue weighted by molar-refractivity contribution is -0.249. The number of ether oxygens (including phenoxy) is 1. The number of ketones is 1. The third-order valence-corrected chi connectivity index (χ3v) is 17.4. The molecule has 5 saturated carbocycles. The van der Waals surface area contributed by atoms with E-state index in [-0.39, 0.29) is 45.3 Å². The molecule has 5 aliphatic carbocycles. The van der Waals surface area contributed by atoms with Gasteiger partial charge in [0.25, 0.3) is 0 Å². The van der Waals surface area contributed by atoms with Gasteiger partial charge in [0.1, 0.15) is 23.2 Å². The molecule has 1 aromatic heterocycles. The molecule has 2 N–H and O–H groups in total. The number of hydrogen-bond donors (Lipinski definition) is 2. The van der Waals surface area contributed by atoms with Gasteiger partial charge in [-0.3, -0.25) is 14.4 Å². The Bertz CT molecular complexity index is 1860. The lowest BCUT2D eigenvalue weighted by Crippen LogP contribution is -2.67. The van der Waals surface area contributed by atoms with Gasteiger partial charge >= 0.3 is 11.9 Å². The summed E-state index contributed by atoms with van der Waals surface area (Å²) < 4.78 is 6.18. The summed E-state index contributed by atoms with van der Waals surface area (Å²) in [4.78, 5) is 44.4. The Hall–Kier alpha value is -3.22. The number of nitrogens with zero attached hydrogens (tertiary/aromatic N) is 1. The van der Waals surface area contributed by atoms with E-state index in [4.69, 9.17) is 9.72 Å². The molecule has 54 heavy (non-hydrogen) atoms. The number of carboxylic acid groups (broad SMARTS) is 1. The van der Waals surface area contributed by atoms with Crippen molar-refractivity contribution < 1.29 is 29.3 Å². The molecule has 0 radical (unpaired) electrons. The molecule has 1 aromatic carbocycles. The third-order valence-electron chi connectivity index (χ3n) is 17.4. The fourth-order valence-electron chi connectivity index (χ4n) is 14.2. The van der Waals surface area contributed by atoms with E-state index in [1.807, 2.05) is 24.3 Å². The Labute approximate surface area is 323 Å². The standard InChI is InChI=1S/C47H65NO6/c1-28(2)31-19-24-47(36(50)18-15-30-14-13-29-11-10-12-33(49)40(29)48-30)26-25-45(8)32(39(31)47)16-17-35-44(7)22-21-37(54-38(51)27-42(3,4)41(52)53)43(5,6)34(44)20-23-46(35,45)9/h10-14,31-32,34-35,37,39,49H,1,15-27H2,2-9H3,(H,52,53)/t31-,32?,34?,35?,37?,39?,44-,45+,46+,47+/m0/s1. The van der Waals surface area contributed by atoms with E-state index in [1.165, 1.54) is 5.57 Å². The number of carbonyl (C=O) groups excluding carboxylic acids is 2. The summed E-state index contributed by atoms with van der Waals surface area (Å²) >= 11 is 0. The van der Waals surface area contributed by atoms with Crippen LogP contribution in [0.25, 0.3) is 10.9 Å². The number of esters is 1. The van der Waals surface area contributed by atoms with Crippen LogP contribution in [0.15, 0.2) is 42.5 Å². The predicted molar refractivity (Wildman–Crippen MR) is 212 cm³/mol. The Balaban J connectivity index is 1.13. The first-order valence-corrected chi connectivity index (χ1v) is 20.9. The lowest BCUT2D eigenvalue weighted by Gasteiger charge is -2.73. The molecule has 7 rings (SSSR count). The highest BCUT2D eigenvalue weighted by Gasteiger charge is 2.72. The Morgan fingerprint density at radius 2 is 1.63 bits per heavy atom. The molecule has 7 nitrogen and oxygen atoms in total. The number of aliphatic carboxylic acids is 1. The molecular weight excluding hydrogens is 675 g/mol. The molecule has 5 aliphatic rings. The summed E-state index contributed by atoms with van der Waals surface area (Å²) in [6, 6.07) is 9.46. The number of rotatable bonds is 9. The highest BCUT2D eigenvalue weighted by Crippen LogP contribution is 2.77. The highest BCUT2D eigenvalue weighted by atomic mass is 16.5. The number of benzene rings is 1. The largest absolute Gasteiger partial charge is 0.506 e. The van der Waals surface area contributed by atoms with E-state index in [2.05, 4.69) is 48.1 Å². The molecule has 10 atom stereocenters. The number of para-hydroxylation sites is 1. The van der Waals surface area contributed by atoms with E-state index in [0.29, 0.717) is 53.7 Å². The van der Waals surface area contributed by atoms with Crippen LogP contribution in [0.4, 0.5) is 0 Å². The van der Waals surface area contributed by atoms with Gasteiger partial charge in [0.05, 0.1) is 11.8 Å². The number of pyridine rings is 1. The zero-order valence-electron chi connectivity index (χ0n) is 34.2. The van der Waals surface area contributed by atoms with Crippen LogP contribution in [0.3, 0.4) is 0 Å². The Morgan fingerprint density at radius 1 is 0.889 bits per heavy atom. The quantitative estimate of drug-likeness (QED) is 0.194. The second-order valence-electron chi connectivity index (χ2n) is 20.6. The number of fused-ring (bicyclic) bond motifs is 8. The van der Waals surface area contributed by atoms with Gasteiger partial charge in [0, 0.05) is 28.3 Å². The molecule has 5 fully saturated rings. The molecule has 294 valence electrons. The van der Waals surface area contributed by atoms with Gasteiger partial charge in [0.15, 0.2) is 0 Å². The van der Waals surface area contributed by atoms with E-state index in [1.54, 1.807) is 19.9 Å². The zero-order chi connectivity index (χ0) is 39.2. The average molecular weight is 740 g/mol. The normalized spacial score (nSPS) is 38.4. The van der Waals surface area contributed by atoms with Crippen LogP contribution in [-0.4, -0.2) is 39.0 Å². The number of aromatic hydroxyl groups is 1. The fourth-order valence-corrected chi connectivity index (χ4v) is 14.2. The number of Topliss-reactive ketones (excluding diaryl/α,β-unsaturated/α-hetero) is 1. The number of allylic oxidation sites excluding steroid dienone is 1. The maximum absolute atomic E-state index is 14.8. The number of aryl methyl sites for hydroxylation is 1. The molecule has 7 heteroatoms. The first-order valence-electron chi connectivity index (χ1n) is 20.9. The van der Waals surface area contributed by atoms with Crippen LogP contribution in [0.5, 0.6) is 5.75 Å². The number of phenols is 1. The summed E-state index contributed by atoms with van der Waals surface area (Å²) in [6.45, 7) is 22.2.